The quantitative estimate of drug-likeness (QED) is 0.900. The van der Waals surface area contributed by atoms with Crippen molar-refractivity contribution >= 4 is 0 Å². The van der Waals surface area contributed by atoms with Crippen molar-refractivity contribution < 1.29 is 4.74 Å². The fraction of sp³-hybridized carbons (Fsp3) is 0.625. The van der Waals surface area contributed by atoms with E-state index in [0.717, 1.165) is 38.3 Å². The van der Waals surface area contributed by atoms with Crippen LogP contribution in [0.5, 0.6) is 5.75 Å². The predicted molar refractivity (Wildman–Crippen MR) is 80.0 cm³/mol. The lowest BCUT2D eigenvalue weighted by molar-refractivity contribution is 0.103. The molecule has 0 aliphatic carbocycles. The standard InChI is InChI=1S/C16H26N2O/c1-13-11-14(5-6-15(13)19-4)12-16(2,3)18-9-7-17-8-10-18/h5-6,11,17H,7-10,12H2,1-4H3. The molecular weight excluding hydrogens is 236 g/mol. The van der Waals surface area contributed by atoms with Crippen LogP contribution in [0, 0.1) is 6.92 Å². The number of ether oxygens (including phenoxy) is 1. The van der Waals surface area contributed by atoms with Gasteiger partial charge in [0.1, 0.15) is 5.75 Å². The van der Waals surface area contributed by atoms with Crippen molar-refractivity contribution in [3.63, 3.8) is 0 Å². The Morgan fingerprint density at radius 1 is 1.26 bits per heavy atom. The molecule has 1 aromatic carbocycles. The number of hydrogen-bond acceptors (Lipinski definition) is 3. The van der Waals surface area contributed by atoms with Crippen LogP contribution in [-0.4, -0.2) is 43.7 Å². The minimum Gasteiger partial charge on any atom is -0.496 e. The molecule has 0 unspecified atom stereocenters. The number of hydrogen-bond donors (Lipinski definition) is 1. The first-order valence-electron chi connectivity index (χ1n) is 7.12. The SMILES string of the molecule is COc1ccc(CC(C)(C)N2CCNCC2)cc1C. The van der Waals surface area contributed by atoms with Crippen molar-refractivity contribution in [3.05, 3.63) is 29.3 Å². The molecule has 0 saturated carbocycles. The van der Waals surface area contributed by atoms with E-state index in [-0.39, 0.29) is 5.54 Å². The van der Waals surface area contributed by atoms with Crippen LogP contribution in [0.2, 0.25) is 0 Å². The number of methoxy groups -OCH3 is 1. The maximum Gasteiger partial charge on any atom is 0.121 e. The number of rotatable bonds is 4. The maximum absolute atomic E-state index is 5.33. The van der Waals surface area contributed by atoms with Gasteiger partial charge in [-0.05, 0) is 44.4 Å². The molecule has 0 amide bonds. The summed E-state index contributed by atoms with van der Waals surface area (Å²) >= 11 is 0. The van der Waals surface area contributed by atoms with E-state index >= 15 is 0 Å². The maximum atomic E-state index is 5.33. The molecule has 0 atom stereocenters. The Kier molecular flexibility index (Phi) is 4.48. The summed E-state index contributed by atoms with van der Waals surface area (Å²) in [4.78, 5) is 2.59. The third kappa shape index (κ3) is 3.48. The first-order chi connectivity index (χ1) is 9.03. The molecule has 19 heavy (non-hydrogen) atoms. The summed E-state index contributed by atoms with van der Waals surface area (Å²) in [6, 6.07) is 6.52. The molecule has 3 nitrogen and oxygen atoms in total. The molecule has 1 aromatic rings. The second-order valence-electron chi connectivity index (χ2n) is 6.03. The van der Waals surface area contributed by atoms with Gasteiger partial charge in [0, 0.05) is 31.7 Å². The fourth-order valence-electron chi connectivity index (χ4n) is 2.93. The number of nitrogens with one attached hydrogen (secondary N) is 1. The molecule has 1 saturated heterocycles. The third-order valence-electron chi connectivity index (χ3n) is 4.07. The van der Waals surface area contributed by atoms with Crippen LogP contribution in [0.3, 0.4) is 0 Å². The lowest BCUT2D eigenvalue weighted by Gasteiger charge is -2.41. The molecule has 106 valence electrons. The molecule has 1 N–H and O–H groups in total. The second-order valence-corrected chi connectivity index (χ2v) is 6.03. The largest absolute Gasteiger partial charge is 0.496 e. The van der Waals surface area contributed by atoms with Gasteiger partial charge in [0.05, 0.1) is 7.11 Å². The summed E-state index contributed by atoms with van der Waals surface area (Å²) in [6.07, 6.45) is 1.08. The number of piperazine rings is 1. The van der Waals surface area contributed by atoms with Crippen molar-refractivity contribution in [3.8, 4) is 5.75 Å². The topological polar surface area (TPSA) is 24.5 Å². The Morgan fingerprint density at radius 3 is 2.53 bits per heavy atom. The Bertz CT molecular complexity index is 423. The van der Waals surface area contributed by atoms with Crippen LogP contribution < -0.4 is 10.1 Å². The number of aryl methyl sites for hydroxylation is 1. The van der Waals surface area contributed by atoms with Gasteiger partial charge in [0.15, 0.2) is 0 Å². The molecule has 3 heteroatoms. The van der Waals surface area contributed by atoms with Gasteiger partial charge in [-0.1, -0.05) is 12.1 Å². The summed E-state index contributed by atoms with van der Waals surface area (Å²) in [5.74, 6) is 0.976. The fourth-order valence-corrected chi connectivity index (χ4v) is 2.93. The van der Waals surface area contributed by atoms with Crippen LogP contribution >= 0.6 is 0 Å². The van der Waals surface area contributed by atoms with E-state index in [4.69, 9.17) is 4.74 Å². The Balaban J connectivity index is 2.08. The van der Waals surface area contributed by atoms with E-state index in [9.17, 15) is 0 Å². The first kappa shape index (κ1) is 14.4. The first-order valence-corrected chi connectivity index (χ1v) is 7.12. The Labute approximate surface area is 116 Å². The van der Waals surface area contributed by atoms with Gasteiger partial charge in [-0.15, -0.1) is 0 Å². The second kappa shape index (κ2) is 5.93. The lowest BCUT2D eigenvalue weighted by atomic mass is 9.91. The van der Waals surface area contributed by atoms with Gasteiger partial charge >= 0.3 is 0 Å². The van der Waals surface area contributed by atoms with Crippen LogP contribution in [0.15, 0.2) is 18.2 Å². The molecule has 1 fully saturated rings. The highest BCUT2D eigenvalue weighted by molar-refractivity contribution is 5.36. The molecule has 0 bridgehead atoms. The zero-order valence-corrected chi connectivity index (χ0v) is 12.6. The monoisotopic (exact) mass is 262 g/mol. The summed E-state index contributed by atoms with van der Waals surface area (Å²) in [5, 5.41) is 3.42. The van der Waals surface area contributed by atoms with Crippen molar-refractivity contribution in [2.24, 2.45) is 0 Å². The molecule has 1 heterocycles. The average Bonchev–Trinajstić information content (AvgIpc) is 2.39. The van der Waals surface area contributed by atoms with Crippen molar-refractivity contribution in [1.29, 1.82) is 0 Å². The van der Waals surface area contributed by atoms with Crippen molar-refractivity contribution in [1.82, 2.24) is 10.2 Å². The van der Waals surface area contributed by atoms with Crippen LogP contribution in [0.1, 0.15) is 25.0 Å². The van der Waals surface area contributed by atoms with E-state index in [1.807, 2.05) is 0 Å². The zero-order chi connectivity index (χ0) is 13.9. The molecule has 0 aromatic heterocycles. The summed E-state index contributed by atoms with van der Waals surface area (Å²) in [6.45, 7) is 11.3. The van der Waals surface area contributed by atoms with Gasteiger partial charge in [0.25, 0.3) is 0 Å². The molecule has 0 radical (unpaired) electrons. The van der Waals surface area contributed by atoms with Crippen molar-refractivity contribution in [2.75, 3.05) is 33.3 Å². The van der Waals surface area contributed by atoms with E-state index in [0.29, 0.717) is 0 Å². The Morgan fingerprint density at radius 2 is 1.95 bits per heavy atom. The predicted octanol–water partition coefficient (Wildman–Crippen LogP) is 2.23. The van der Waals surface area contributed by atoms with E-state index in [1.54, 1.807) is 7.11 Å². The van der Waals surface area contributed by atoms with Crippen molar-refractivity contribution in [2.45, 2.75) is 32.7 Å². The van der Waals surface area contributed by atoms with E-state index < -0.39 is 0 Å². The Hall–Kier alpha value is -1.06. The highest BCUT2D eigenvalue weighted by Gasteiger charge is 2.28. The number of nitrogens with zero attached hydrogens (tertiary/aromatic N) is 1. The zero-order valence-electron chi connectivity index (χ0n) is 12.6. The van der Waals surface area contributed by atoms with E-state index in [1.165, 1.54) is 11.1 Å². The molecular formula is C16H26N2O. The minimum absolute atomic E-state index is 0.211. The van der Waals surface area contributed by atoms with E-state index in [2.05, 4.69) is 49.2 Å². The lowest BCUT2D eigenvalue weighted by Crippen LogP contribution is -2.54. The van der Waals surface area contributed by atoms with Gasteiger partial charge < -0.3 is 10.1 Å². The molecule has 1 aliphatic rings. The molecule has 1 aliphatic heterocycles. The summed E-state index contributed by atoms with van der Waals surface area (Å²) < 4.78 is 5.33. The van der Waals surface area contributed by atoms with Crippen LogP contribution in [0.25, 0.3) is 0 Å². The minimum atomic E-state index is 0.211. The van der Waals surface area contributed by atoms with Crippen LogP contribution in [0.4, 0.5) is 0 Å². The molecule has 2 rings (SSSR count). The van der Waals surface area contributed by atoms with Gasteiger partial charge in [-0.25, -0.2) is 0 Å². The highest BCUT2D eigenvalue weighted by atomic mass is 16.5. The van der Waals surface area contributed by atoms with Crippen LogP contribution in [-0.2, 0) is 6.42 Å². The van der Waals surface area contributed by atoms with Gasteiger partial charge in [0.2, 0.25) is 0 Å². The summed E-state index contributed by atoms with van der Waals surface area (Å²) in [7, 11) is 1.73. The highest BCUT2D eigenvalue weighted by Crippen LogP contribution is 2.24. The van der Waals surface area contributed by atoms with Gasteiger partial charge in [-0.3, -0.25) is 4.90 Å². The smallest absolute Gasteiger partial charge is 0.121 e. The third-order valence-corrected chi connectivity index (χ3v) is 4.07. The van der Waals surface area contributed by atoms with Gasteiger partial charge in [-0.2, -0.15) is 0 Å². The normalized spacial score (nSPS) is 17.5. The average molecular weight is 262 g/mol. The summed E-state index contributed by atoms with van der Waals surface area (Å²) in [5.41, 5.74) is 2.82. The number of benzene rings is 1. The molecule has 0 spiro atoms.